The zero-order valence-corrected chi connectivity index (χ0v) is 18.3. The Bertz CT molecular complexity index is 673. The Kier molecular flexibility index (Phi) is 12.0. The molecule has 0 saturated heterocycles. The largest absolute Gasteiger partial charge is 0.493 e. The van der Waals surface area contributed by atoms with Crippen LogP contribution in [-0.4, -0.2) is 40.3 Å². The highest BCUT2D eigenvalue weighted by Crippen LogP contribution is 2.37. The molecule has 1 unspecified atom stereocenters. The van der Waals surface area contributed by atoms with Crippen LogP contribution in [-0.2, 0) is 15.5 Å². The monoisotopic (exact) mass is 453 g/mol. The number of hydrogen-bond donors (Lipinski definition) is 4. The molecule has 0 aliphatic heterocycles. The van der Waals surface area contributed by atoms with Gasteiger partial charge in [0.1, 0.15) is 5.75 Å². The molecule has 0 amide bonds. The SMILES string of the molecule is CCCCCCCCOc1ccc(CCC(N)(CO)COP(=O)(O)O)cc1C(F)F. The minimum atomic E-state index is -4.73. The van der Waals surface area contributed by atoms with E-state index in [1.54, 1.807) is 6.07 Å². The highest BCUT2D eigenvalue weighted by atomic mass is 31.2. The summed E-state index contributed by atoms with van der Waals surface area (Å²) in [4.78, 5) is 17.6. The van der Waals surface area contributed by atoms with Gasteiger partial charge < -0.3 is 25.4 Å². The number of aliphatic hydroxyl groups is 1. The smallest absolute Gasteiger partial charge is 0.469 e. The molecular formula is C20H34F2NO6P. The second-order valence-corrected chi connectivity index (χ2v) is 8.81. The van der Waals surface area contributed by atoms with E-state index in [0.717, 1.165) is 19.3 Å². The van der Waals surface area contributed by atoms with Crippen molar-refractivity contribution in [2.75, 3.05) is 19.8 Å². The van der Waals surface area contributed by atoms with Crippen molar-refractivity contribution in [2.45, 2.75) is 70.3 Å². The number of phosphoric acid groups is 1. The van der Waals surface area contributed by atoms with Gasteiger partial charge in [0.25, 0.3) is 6.43 Å². The van der Waals surface area contributed by atoms with E-state index in [0.29, 0.717) is 12.2 Å². The molecule has 1 rings (SSSR count). The highest BCUT2D eigenvalue weighted by Gasteiger charge is 2.28. The normalized spacial score (nSPS) is 14.1. The third-order valence-electron chi connectivity index (χ3n) is 4.81. The van der Waals surface area contributed by atoms with Crippen LogP contribution < -0.4 is 10.5 Å². The van der Waals surface area contributed by atoms with Crippen LogP contribution in [0.25, 0.3) is 0 Å². The first-order valence-electron chi connectivity index (χ1n) is 10.2. The zero-order valence-electron chi connectivity index (χ0n) is 17.4. The number of halogens is 2. The number of benzene rings is 1. The molecule has 10 heteroatoms. The van der Waals surface area contributed by atoms with Gasteiger partial charge in [0.15, 0.2) is 0 Å². The van der Waals surface area contributed by atoms with Crippen molar-refractivity contribution < 1.29 is 37.5 Å². The first-order valence-corrected chi connectivity index (χ1v) is 11.8. The lowest BCUT2D eigenvalue weighted by atomic mass is 9.93. The van der Waals surface area contributed by atoms with Crippen LogP contribution in [0.5, 0.6) is 5.75 Å². The second kappa shape index (κ2) is 13.3. The van der Waals surface area contributed by atoms with Gasteiger partial charge >= 0.3 is 7.82 Å². The van der Waals surface area contributed by atoms with E-state index in [9.17, 15) is 18.5 Å². The fourth-order valence-corrected chi connectivity index (χ4v) is 3.35. The van der Waals surface area contributed by atoms with Crippen molar-refractivity contribution in [1.82, 2.24) is 0 Å². The van der Waals surface area contributed by atoms with E-state index in [4.69, 9.17) is 20.3 Å². The van der Waals surface area contributed by atoms with Gasteiger partial charge in [-0.25, -0.2) is 13.3 Å². The van der Waals surface area contributed by atoms with Crippen molar-refractivity contribution >= 4 is 7.82 Å². The minimum Gasteiger partial charge on any atom is -0.493 e. The molecule has 0 aliphatic rings. The molecule has 0 saturated carbocycles. The molecule has 0 aliphatic carbocycles. The Balaban J connectivity index is 2.63. The van der Waals surface area contributed by atoms with Crippen molar-refractivity contribution in [1.29, 1.82) is 0 Å². The summed E-state index contributed by atoms with van der Waals surface area (Å²) in [6.45, 7) is 1.39. The summed E-state index contributed by atoms with van der Waals surface area (Å²) in [6, 6.07) is 4.48. The van der Waals surface area contributed by atoms with Crippen LogP contribution in [0.2, 0.25) is 0 Å². The number of aliphatic hydroxyl groups excluding tert-OH is 1. The zero-order chi connectivity index (χ0) is 22.6. The number of hydrogen-bond acceptors (Lipinski definition) is 5. The molecule has 7 nitrogen and oxygen atoms in total. The van der Waals surface area contributed by atoms with Crippen LogP contribution in [0.1, 0.15) is 69.4 Å². The predicted octanol–water partition coefficient (Wildman–Crippen LogP) is 4.10. The average molecular weight is 453 g/mol. The molecule has 0 spiro atoms. The third-order valence-corrected chi connectivity index (χ3v) is 5.28. The Labute approximate surface area is 176 Å². The van der Waals surface area contributed by atoms with Crippen molar-refractivity contribution in [2.24, 2.45) is 5.73 Å². The average Bonchev–Trinajstić information content (AvgIpc) is 2.70. The van der Waals surface area contributed by atoms with Gasteiger partial charge in [0, 0.05) is 0 Å². The van der Waals surface area contributed by atoms with E-state index < -0.39 is 33.0 Å². The van der Waals surface area contributed by atoms with Crippen LogP contribution in [0.3, 0.4) is 0 Å². The molecule has 0 fully saturated rings. The topological polar surface area (TPSA) is 122 Å². The van der Waals surface area contributed by atoms with Gasteiger partial charge in [-0.2, -0.15) is 0 Å². The highest BCUT2D eigenvalue weighted by molar-refractivity contribution is 7.46. The molecule has 1 aromatic rings. The first kappa shape index (κ1) is 26.9. The standard InChI is InChI=1S/C20H34F2NO6P/c1-2-3-4-5-6-7-12-28-18-9-8-16(13-17(18)19(21)22)10-11-20(23,14-24)15-29-30(25,26)27/h8-9,13,19,24H,2-7,10-12,14-15,23H2,1H3,(H2,25,26,27). The minimum absolute atomic E-state index is 0.0874. The number of unbranched alkanes of at least 4 members (excludes halogenated alkanes) is 5. The second-order valence-electron chi connectivity index (χ2n) is 7.57. The van der Waals surface area contributed by atoms with E-state index >= 15 is 0 Å². The quantitative estimate of drug-likeness (QED) is 0.220. The number of phosphoric ester groups is 1. The third kappa shape index (κ3) is 10.8. The van der Waals surface area contributed by atoms with Crippen molar-refractivity contribution in [3.8, 4) is 5.75 Å². The van der Waals surface area contributed by atoms with Crippen LogP contribution >= 0.6 is 7.82 Å². The number of ether oxygens (including phenoxy) is 1. The Morgan fingerprint density at radius 1 is 1.17 bits per heavy atom. The van der Waals surface area contributed by atoms with E-state index in [-0.39, 0.29) is 24.2 Å². The molecule has 1 atom stereocenters. The number of aryl methyl sites for hydroxylation is 1. The van der Waals surface area contributed by atoms with E-state index in [1.807, 2.05) is 0 Å². The summed E-state index contributed by atoms with van der Waals surface area (Å²) in [6.07, 6.45) is 4.05. The number of rotatable bonds is 16. The maximum Gasteiger partial charge on any atom is 0.469 e. The summed E-state index contributed by atoms with van der Waals surface area (Å²) >= 11 is 0. The van der Waals surface area contributed by atoms with E-state index in [2.05, 4.69) is 11.4 Å². The molecule has 1 aromatic carbocycles. The summed E-state index contributed by atoms with van der Waals surface area (Å²) < 4.78 is 47.7. The summed E-state index contributed by atoms with van der Waals surface area (Å²) in [5.41, 5.74) is 4.85. The molecular weight excluding hydrogens is 419 g/mol. The summed E-state index contributed by atoms with van der Waals surface area (Å²) in [7, 11) is -4.73. The lowest BCUT2D eigenvalue weighted by Gasteiger charge is -2.27. The maximum absolute atomic E-state index is 13.5. The number of alkyl halides is 2. The number of nitrogens with two attached hydrogens (primary N) is 1. The fraction of sp³-hybridized carbons (Fsp3) is 0.700. The van der Waals surface area contributed by atoms with Gasteiger partial charge in [-0.3, -0.25) is 4.52 Å². The fourth-order valence-electron chi connectivity index (χ4n) is 2.92. The molecule has 5 N–H and O–H groups in total. The molecule has 30 heavy (non-hydrogen) atoms. The summed E-state index contributed by atoms with van der Waals surface area (Å²) in [5.74, 6) is 0.147. The van der Waals surface area contributed by atoms with Crippen molar-refractivity contribution in [3.05, 3.63) is 29.3 Å². The molecule has 0 heterocycles. The maximum atomic E-state index is 13.5. The van der Waals surface area contributed by atoms with Gasteiger partial charge in [0.2, 0.25) is 0 Å². The van der Waals surface area contributed by atoms with Crippen molar-refractivity contribution in [3.63, 3.8) is 0 Å². The first-order chi connectivity index (χ1) is 14.1. The lowest BCUT2D eigenvalue weighted by Crippen LogP contribution is -2.48. The predicted molar refractivity (Wildman–Crippen MR) is 111 cm³/mol. The molecule has 174 valence electrons. The van der Waals surface area contributed by atoms with Crippen LogP contribution in [0.4, 0.5) is 8.78 Å². The Hall–Kier alpha value is -1.09. The van der Waals surface area contributed by atoms with Crippen LogP contribution in [0, 0.1) is 0 Å². The van der Waals surface area contributed by atoms with Gasteiger partial charge in [-0.05, 0) is 37.0 Å². The molecule has 0 radical (unpaired) electrons. The van der Waals surface area contributed by atoms with Gasteiger partial charge in [-0.15, -0.1) is 0 Å². The molecule has 0 bridgehead atoms. The Morgan fingerprint density at radius 2 is 1.83 bits per heavy atom. The Morgan fingerprint density at radius 3 is 2.43 bits per heavy atom. The van der Waals surface area contributed by atoms with Crippen LogP contribution in [0.15, 0.2) is 18.2 Å². The van der Waals surface area contributed by atoms with Gasteiger partial charge in [0.05, 0.1) is 30.9 Å². The summed E-state index contributed by atoms with van der Waals surface area (Å²) in [5, 5.41) is 9.44. The molecule has 0 aromatic heterocycles. The van der Waals surface area contributed by atoms with E-state index in [1.165, 1.54) is 31.4 Å². The van der Waals surface area contributed by atoms with Gasteiger partial charge in [-0.1, -0.05) is 45.1 Å². The lowest BCUT2D eigenvalue weighted by molar-refractivity contribution is 0.102.